The first kappa shape index (κ1) is 15.8. The Hall–Kier alpha value is -1.62. The van der Waals surface area contributed by atoms with E-state index in [1.165, 1.54) is 32.1 Å². The van der Waals surface area contributed by atoms with E-state index in [1.807, 2.05) is 26.0 Å². The van der Waals surface area contributed by atoms with Gasteiger partial charge in [-0.15, -0.1) is 0 Å². The summed E-state index contributed by atoms with van der Waals surface area (Å²) in [6.45, 7) is 3.84. The maximum Gasteiger partial charge on any atom is 0.187 e. The molecule has 2 rings (SSSR count). The SMILES string of the molecule is C/C(=N/NC(=S)NC1CCCCC1)c1cc(C)ccc1O. The first-order valence-corrected chi connectivity index (χ1v) is 7.88. The van der Waals surface area contributed by atoms with E-state index < -0.39 is 0 Å². The number of benzene rings is 1. The molecule has 1 aromatic rings. The van der Waals surface area contributed by atoms with E-state index in [1.54, 1.807) is 6.07 Å². The molecule has 4 nitrogen and oxygen atoms in total. The molecule has 0 amide bonds. The molecule has 0 bridgehead atoms. The predicted molar refractivity (Wildman–Crippen MR) is 90.8 cm³/mol. The average Bonchev–Trinajstić information content (AvgIpc) is 2.48. The van der Waals surface area contributed by atoms with Gasteiger partial charge in [-0.2, -0.15) is 5.10 Å². The van der Waals surface area contributed by atoms with Crippen molar-refractivity contribution in [3.05, 3.63) is 29.3 Å². The van der Waals surface area contributed by atoms with Crippen LogP contribution in [0.2, 0.25) is 0 Å². The van der Waals surface area contributed by atoms with Gasteiger partial charge in [-0.25, -0.2) is 0 Å². The van der Waals surface area contributed by atoms with Crippen LogP contribution in [0.3, 0.4) is 0 Å². The van der Waals surface area contributed by atoms with Crippen molar-refractivity contribution in [2.45, 2.75) is 52.0 Å². The minimum Gasteiger partial charge on any atom is -0.507 e. The number of hydrogen-bond acceptors (Lipinski definition) is 3. The highest BCUT2D eigenvalue weighted by atomic mass is 32.1. The lowest BCUT2D eigenvalue weighted by Crippen LogP contribution is -2.41. The molecule has 1 aliphatic carbocycles. The van der Waals surface area contributed by atoms with Gasteiger partial charge < -0.3 is 10.4 Å². The number of nitrogens with zero attached hydrogens (tertiary/aromatic N) is 1. The third-order valence-corrected chi connectivity index (χ3v) is 4.02. The predicted octanol–water partition coefficient (Wildman–Crippen LogP) is 3.22. The van der Waals surface area contributed by atoms with Gasteiger partial charge in [0.05, 0.1) is 5.71 Å². The Kier molecular flexibility index (Phi) is 5.56. The Morgan fingerprint density at radius 2 is 2.00 bits per heavy atom. The minimum absolute atomic E-state index is 0.231. The summed E-state index contributed by atoms with van der Waals surface area (Å²) in [6, 6.07) is 5.92. The number of aromatic hydroxyl groups is 1. The van der Waals surface area contributed by atoms with Crippen LogP contribution in [0.15, 0.2) is 23.3 Å². The Labute approximate surface area is 131 Å². The molecule has 5 heteroatoms. The van der Waals surface area contributed by atoms with Gasteiger partial charge in [0.2, 0.25) is 0 Å². The monoisotopic (exact) mass is 305 g/mol. The van der Waals surface area contributed by atoms with E-state index in [4.69, 9.17) is 12.2 Å². The molecule has 3 N–H and O–H groups in total. The fourth-order valence-electron chi connectivity index (χ4n) is 2.60. The first-order valence-electron chi connectivity index (χ1n) is 7.47. The van der Waals surface area contributed by atoms with Crippen LogP contribution in [0.25, 0.3) is 0 Å². The van der Waals surface area contributed by atoms with Crippen LogP contribution in [0.1, 0.15) is 50.2 Å². The number of phenolic OH excluding ortho intramolecular Hbond substituents is 1. The molecule has 0 aromatic heterocycles. The lowest BCUT2D eigenvalue weighted by molar-refractivity contribution is 0.412. The van der Waals surface area contributed by atoms with Gasteiger partial charge in [0.25, 0.3) is 0 Å². The highest BCUT2D eigenvalue weighted by molar-refractivity contribution is 7.80. The third-order valence-electron chi connectivity index (χ3n) is 3.81. The molecule has 1 aliphatic rings. The van der Waals surface area contributed by atoms with E-state index in [-0.39, 0.29) is 5.75 Å². The zero-order chi connectivity index (χ0) is 15.2. The topological polar surface area (TPSA) is 56.7 Å². The van der Waals surface area contributed by atoms with E-state index >= 15 is 0 Å². The molecule has 1 fully saturated rings. The Balaban J connectivity index is 1.93. The Bertz CT molecular complexity index is 536. The fourth-order valence-corrected chi connectivity index (χ4v) is 2.81. The minimum atomic E-state index is 0.231. The Morgan fingerprint density at radius 1 is 1.29 bits per heavy atom. The second-order valence-corrected chi connectivity index (χ2v) is 6.05. The van der Waals surface area contributed by atoms with Crippen molar-refractivity contribution < 1.29 is 5.11 Å². The maximum atomic E-state index is 9.87. The van der Waals surface area contributed by atoms with Gasteiger partial charge in [0.15, 0.2) is 5.11 Å². The molecular weight excluding hydrogens is 282 g/mol. The molecule has 1 saturated carbocycles. The summed E-state index contributed by atoms with van der Waals surface area (Å²) in [5.41, 5.74) is 5.39. The van der Waals surface area contributed by atoms with E-state index in [9.17, 15) is 5.11 Å². The summed E-state index contributed by atoms with van der Waals surface area (Å²) in [4.78, 5) is 0. The normalized spacial score (nSPS) is 16.6. The van der Waals surface area contributed by atoms with Gasteiger partial charge in [0.1, 0.15) is 5.75 Å². The van der Waals surface area contributed by atoms with E-state index in [0.717, 1.165) is 11.1 Å². The number of phenols is 1. The number of rotatable bonds is 3. The van der Waals surface area contributed by atoms with E-state index in [0.29, 0.717) is 16.9 Å². The summed E-state index contributed by atoms with van der Waals surface area (Å²) >= 11 is 5.27. The molecule has 0 radical (unpaired) electrons. The number of hydrogen-bond donors (Lipinski definition) is 3. The zero-order valence-electron chi connectivity index (χ0n) is 12.6. The molecule has 0 spiro atoms. The summed E-state index contributed by atoms with van der Waals surface area (Å²) < 4.78 is 0. The van der Waals surface area contributed by atoms with Crippen LogP contribution in [0.5, 0.6) is 5.75 Å². The summed E-state index contributed by atoms with van der Waals surface area (Å²) in [6.07, 6.45) is 6.19. The van der Waals surface area contributed by atoms with Crippen molar-refractivity contribution in [2.75, 3.05) is 0 Å². The quantitative estimate of drug-likeness (QED) is 0.456. The summed E-state index contributed by atoms with van der Waals surface area (Å²) in [7, 11) is 0. The standard InChI is InChI=1S/C16H23N3OS/c1-11-8-9-15(20)14(10-11)12(2)18-19-16(21)17-13-6-4-3-5-7-13/h8-10,13,20H,3-7H2,1-2H3,(H2,17,19,21)/b18-12-. The lowest BCUT2D eigenvalue weighted by Gasteiger charge is -2.23. The molecular formula is C16H23N3OS. The molecule has 0 heterocycles. The summed E-state index contributed by atoms with van der Waals surface area (Å²) in [5.74, 6) is 0.231. The molecule has 0 atom stereocenters. The smallest absolute Gasteiger partial charge is 0.187 e. The number of thiocarbonyl (C=S) groups is 1. The highest BCUT2D eigenvalue weighted by Crippen LogP contribution is 2.19. The second-order valence-electron chi connectivity index (χ2n) is 5.64. The largest absolute Gasteiger partial charge is 0.507 e. The van der Waals surface area contributed by atoms with Crippen molar-refractivity contribution in [1.29, 1.82) is 0 Å². The average molecular weight is 305 g/mol. The molecule has 1 aromatic carbocycles. The summed E-state index contributed by atoms with van der Waals surface area (Å²) in [5, 5.41) is 18.0. The van der Waals surface area contributed by atoms with Crippen molar-refractivity contribution in [2.24, 2.45) is 5.10 Å². The van der Waals surface area contributed by atoms with Crippen LogP contribution in [0.4, 0.5) is 0 Å². The van der Waals surface area contributed by atoms with Crippen LogP contribution < -0.4 is 10.7 Å². The van der Waals surface area contributed by atoms with Crippen molar-refractivity contribution in [1.82, 2.24) is 10.7 Å². The van der Waals surface area contributed by atoms with Crippen LogP contribution in [-0.4, -0.2) is 22.0 Å². The van der Waals surface area contributed by atoms with Gasteiger partial charge in [-0.3, -0.25) is 5.43 Å². The first-order chi connectivity index (χ1) is 10.1. The zero-order valence-corrected chi connectivity index (χ0v) is 13.5. The lowest BCUT2D eigenvalue weighted by atomic mass is 9.96. The maximum absolute atomic E-state index is 9.87. The molecule has 114 valence electrons. The number of hydrazone groups is 1. The van der Waals surface area contributed by atoms with Gasteiger partial charge in [0, 0.05) is 11.6 Å². The number of aryl methyl sites for hydroxylation is 1. The van der Waals surface area contributed by atoms with Gasteiger partial charge >= 0.3 is 0 Å². The van der Waals surface area contributed by atoms with Crippen LogP contribution in [0, 0.1) is 6.92 Å². The van der Waals surface area contributed by atoms with Crippen molar-refractivity contribution in [3.8, 4) is 5.75 Å². The third kappa shape index (κ3) is 4.70. The highest BCUT2D eigenvalue weighted by Gasteiger charge is 2.13. The molecule has 0 saturated heterocycles. The molecule has 21 heavy (non-hydrogen) atoms. The second kappa shape index (κ2) is 7.41. The molecule has 0 aliphatic heterocycles. The van der Waals surface area contributed by atoms with Gasteiger partial charge in [-0.05, 0) is 51.0 Å². The van der Waals surface area contributed by atoms with E-state index in [2.05, 4.69) is 15.8 Å². The van der Waals surface area contributed by atoms with Crippen LogP contribution >= 0.6 is 12.2 Å². The Morgan fingerprint density at radius 3 is 2.71 bits per heavy atom. The van der Waals surface area contributed by atoms with Crippen molar-refractivity contribution >= 4 is 23.0 Å². The fraction of sp³-hybridized carbons (Fsp3) is 0.500. The van der Waals surface area contributed by atoms with Crippen LogP contribution in [-0.2, 0) is 0 Å². The molecule has 0 unspecified atom stereocenters. The number of nitrogens with one attached hydrogen (secondary N) is 2. The van der Waals surface area contributed by atoms with Gasteiger partial charge in [-0.1, -0.05) is 30.9 Å². The van der Waals surface area contributed by atoms with Crippen molar-refractivity contribution in [3.63, 3.8) is 0 Å².